The predicted molar refractivity (Wildman–Crippen MR) is 90.1 cm³/mol. The van der Waals surface area contributed by atoms with Gasteiger partial charge in [0.25, 0.3) is 11.8 Å². The van der Waals surface area contributed by atoms with Gasteiger partial charge in [-0.25, -0.2) is 4.98 Å². The van der Waals surface area contributed by atoms with E-state index in [9.17, 15) is 31.4 Å². The lowest BCUT2D eigenvalue weighted by Gasteiger charge is -2.27. The highest BCUT2D eigenvalue weighted by atomic mass is 19.4. The third kappa shape index (κ3) is 4.16. The van der Waals surface area contributed by atoms with Crippen LogP contribution in [0.4, 0.5) is 32.0 Å². The number of halogens is 6. The van der Waals surface area contributed by atoms with E-state index in [0.29, 0.717) is 6.07 Å². The molecular weight excluding hydrogens is 422 g/mol. The number of rotatable bonds is 0. The zero-order chi connectivity index (χ0) is 24.1. The van der Waals surface area contributed by atoms with E-state index in [1.807, 2.05) is 0 Å². The standard InChI is InChI=1S/C17H18F6N4O3/c1-8-5-3-2-4-6-15(28,17(21,22)23)14-27-26-13(30-14)11-10(24)7-9(16(18,19)20)12(25-11)29-8/h7-8,28H,2-6,24H2,1H3/t8-,15-/m1/s1/i2D,3D/t2?,3?,8-,15-. The monoisotopic (exact) mass is 442 g/mol. The number of alkyl halides is 6. The average Bonchev–Trinajstić information content (AvgIpc) is 3.14. The zero-order valence-electron chi connectivity index (χ0n) is 17.4. The molecule has 3 rings (SSSR count). The number of hydrogen-bond acceptors (Lipinski definition) is 7. The summed E-state index contributed by atoms with van der Waals surface area (Å²) in [5.41, 5.74) is -0.582. The first-order chi connectivity index (χ1) is 14.6. The first-order valence-electron chi connectivity index (χ1n) is 9.81. The van der Waals surface area contributed by atoms with Crippen LogP contribution < -0.4 is 10.5 Å². The van der Waals surface area contributed by atoms with E-state index in [0.717, 1.165) is 0 Å². The first-order valence-corrected chi connectivity index (χ1v) is 8.66. The molecule has 4 atom stereocenters. The number of ether oxygens (including phenoxy) is 1. The number of pyridine rings is 1. The molecule has 7 nitrogen and oxygen atoms in total. The Hall–Kier alpha value is -2.57. The molecule has 0 amide bonds. The minimum Gasteiger partial charge on any atom is -0.474 e. The van der Waals surface area contributed by atoms with Gasteiger partial charge in [-0.15, -0.1) is 10.2 Å². The Bertz CT molecular complexity index is 986. The molecule has 0 saturated heterocycles. The highest BCUT2D eigenvalue weighted by Gasteiger charge is 2.58. The Balaban J connectivity index is 2.21. The first kappa shape index (κ1) is 19.4. The van der Waals surface area contributed by atoms with Crippen LogP contribution >= 0.6 is 0 Å². The topological polar surface area (TPSA) is 107 Å². The van der Waals surface area contributed by atoms with Crippen molar-refractivity contribution in [1.29, 1.82) is 0 Å². The van der Waals surface area contributed by atoms with E-state index in [4.69, 9.17) is 17.6 Å². The Labute approximate surface area is 169 Å². The maximum Gasteiger partial charge on any atom is 0.426 e. The Morgan fingerprint density at radius 1 is 1.23 bits per heavy atom. The van der Waals surface area contributed by atoms with Crippen molar-refractivity contribution in [1.82, 2.24) is 15.2 Å². The van der Waals surface area contributed by atoms with Crippen molar-refractivity contribution in [2.45, 2.75) is 63.0 Å². The molecule has 2 aromatic rings. The van der Waals surface area contributed by atoms with Gasteiger partial charge in [0, 0.05) is 2.74 Å². The van der Waals surface area contributed by atoms with Crippen LogP contribution in [0, 0.1) is 0 Å². The smallest absolute Gasteiger partial charge is 0.426 e. The summed E-state index contributed by atoms with van der Waals surface area (Å²) >= 11 is 0. The summed E-state index contributed by atoms with van der Waals surface area (Å²) in [7, 11) is 0. The molecule has 3 heterocycles. The molecule has 0 fully saturated rings. The van der Waals surface area contributed by atoms with Crippen LogP contribution in [-0.4, -0.2) is 32.6 Å². The van der Waals surface area contributed by atoms with Gasteiger partial charge in [0.05, 0.1) is 11.8 Å². The molecule has 0 radical (unpaired) electrons. The van der Waals surface area contributed by atoms with Crippen LogP contribution in [0.1, 0.15) is 53.2 Å². The van der Waals surface area contributed by atoms with Crippen LogP contribution in [-0.2, 0) is 11.8 Å². The lowest BCUT2D eigenvalue weighted by Crippen LogP contribution is -2.42. The van der Waals surface area contributed by atoms with E-state index >= 15 is 0 Å². The van der Waals surface area contributed by atoms with Crippen LogP contribution in [0.3, 0.4) is 0 Å². The maximum absolute atomic E-state index is 13.7. The van der Waals surface area contributed by atoms with Gasteiger partial charge in [0.1, 0.15) is 5.56 Å². The largest absolute Gasteiger partial charge is 0.474 e. The maximum atomic E-state index is 13.7. The van der Waals surface area contributed by atoms with Gasteiger partial charge >= 0.3 is 12.4 Å². The molecule has 13 heteroatoms. The Morgan fingerprint density at radius 2 is 1.93 bits per heavy atom. The summed E-state index contributed by atoms with van der Waals surface area (Å²) in [6, 6.07) is 0.460. The average molecular weight is 442 g/mol. The van der Waals surface area contributed by atoms with Gasteiger partial charge in [-0.1, -0.05) is 6.40 Å². The molecule has 0 aromatic carbocycles. The summed E-state index contributed by atoms with van der Waals surface area (Å²) in [6.07, 6.45) is -16.0. The van der Waals surface area contributed by atoms with Crippen molar-refractivity contribution in [3.05, 3.63) is 17.5 Å². The minimum atomic E-state index is -5.29. The molecule has 30 heavy (non-hydrogen) atoms. The van der Waals surface area contributed by atoms with E-state index in [-0.39, 0.29) is 6.42 Å². The van der Waals surface area contributed by atoms with E-state index in [1.54, 1.807) is 0 Å². The highest BCUT2D eigenvalue weighted by Crippen LogP contribution is 2.44. The van der Waals surface area contributed by atoms with Crippen LogP contribution in [0.15, 0.2) is 10.5 Å². The van der Waals surface area contributed by atoms with Crippen molar-refractivity contribution in [2.75, 3.05) is 5.73 Å². The quantitative estimate of drug-likeness (QED) is 0.589. The number of hydrogen-bond donors (Lipinski definition) is 2. The lowest BCUT2D eigenvalue weighted by molar-refractivity contribution is -0.277. The fraction of sp³-hybridized carbons (Fsp3) is 0.588. The number of aromatic nitrogens is 3. The van der Waals surface area contributed by atoms with Gasteiger partial charge < -0.3 is 20.0 Å². The third-order valence-electron chi connectivity index (χ3n) is 4.39. The molecule has 4 bridgehead atoms. The Kier molecular flexibility index (Phi) is 4.91. The molecule has 1 aliphatic rings. The van der Waals surface area contributed by atoms with Crippen LogP contribution in [0.2, 0.25) is 0 Å². The summed E-state index contributed by atoms with van der Waals surface area (Å²) in [5.74, 6) is -3.00. The molecule has 3 N–H and O–H groups in total. The lowest BCUT2D eigenvalue weighted by atomic mass is 9.94. The van der Waals surface area contributed by atoms with E-state index in [2.05, 4.69) is 15.2 Å². The molecule has 0 aliphatic carbocycles. The van der Waals surface area contributed by atoms with Crippen molar-refractivity contribution >= 4 is 5.69 Å². The summed E-state index contributed by atoms with van der Waals surface area (Å²) in [5, 5.41) is 16.9. The van der Waals surface area contributed by atoms with Crippen molar-refractivity contribution in [2.24, 2.45) is 0 Å². The molecule has 0 saturated carbocycles. The summed E-state index contributed by atoms with van der Waals surface area (Å²) in [4.78, 5) is 3.64. The zero-order valence-corrected chi connectivity index (χ0v) is 15.4. The predicted octanol–water partition coefficient (Wildman–Crippen LogP) is 4.21. The third-order valence-corrected chi connectivity index (χ3v) is 4.39. The number of anilines is 1. The number of nitrogens with two attached hydrogens (primary N) is 1. The van der Waals surface area contributed by atoms with Gasteiger partial charge in [-0.3, -0.25) is 0 Å². The van der Waals surface area contributed by atoms with Gasteiger partial charge in [0.15, 0.2) is 5.69 Å². The second-order valence-electron chi connectivity index (χ2n) is 6.72. The van der Waals surface area contributed by atoms with Crippen LogP contribution in [0.25, 0.3) is 11.6 Å². The van der Waals surface area contributed by atoms with Crippen molar-refractivity contribution in [3.63, 3.8) is 0 Å². The number of nitrogens with zero attached hydrogens (tertiary/aromatic N) is 3. The van der Waals surface area contributed by atoms with Crippen molar-refractivity contribution < 1.29 is 43.3 Å². The van der Waals surface area contributed by atoms with Crippen LogP contribution in [0.5, 0.6) is 5.88 Å². The van der Waals surface area contributed by atoms with E-state index < -0.39 is 84.3 Å². The van der Waals surface area contributed by atoms with Gasteiger partial charge in [0.2, 0.25) is 11.5 Å². The molecule has 2 unspecified atom stereocenters. The molecular formula is C17H18F6N4O3. The number of aliphatic hydroxyl groups is 1. The molecule has 166 valence electrons. The fourth-order valence-electron chi connectivity index (χ4n) is 2.77. The van der Waals surface area contributed by atoms with Crippen molar-refractivity contribution in [3.8, 4) is 17.5 Å². The van der Waals surface area contributed by atoms with Gasteiger partial charge in [-0.2, -0.15) is 26.3 Å². The fourth-order valence-corrected chi connectivity index (χ4v) is 2.77. The SMILES string of the molecule is [2H]C1CC[C@](O)(C(F)(F)F)c2nnc(o2)-c2nc(c(C(F)(F)F)cc2N)O[C@H](C)CC1[2H]. The molecule has 2 aromatic heterocycles. The number of nitrogen functional groups attached to an aromatic ring is 1. The Morgan fingerprint density at radius 3 is 2.57 bits per heavy atom. The summed E-state index contributed by atoms with van der Waals surface area (Å²) in [6.45, 7) is 1.33. The minimum absolute atomic E-state index is 0.282. The molecule has 1 aliphatic heterocycles. The van der Waals surface area contributed by atoms with E-state index in [1.165, 1.54) is 6.92 Å². The second-order valence-corrected chi connectivity index (χ2v) is 6.72. The molecule has 0 spiro atoms. The second kappa shape index (κ2) is 7.60. The highest BCUT2D eigenvalue weighted by molar-refractivity contribution is 5.68. The normalized spacial score (nSPS) is 29.4. The van der Waals surface area contributed by atoms with Gasteiger partial charge in [-0.05, 0) is 38.6 Å². The summed E-state index contributed by atoms with van der Waals surface area (Å²) < 4.78 is 107. The number of fused-ring (bicyclic) bond motifs is 5.